The van der Waals surface area contributed by atoms with E-state index in [-0.39, 0.29) is 5.41 Å². The van der Waals surface area contributed by atoms with E-state index in [9.17, 15) is 0 Å². The first-order valence-electron chi connectivity index (χ1n) is 13.4. The Balaban J connectivity index is 1.53. The van der Waals surface area contributed by atoms with Crippen LogP contribution in [0.15, 0.2) is 103 Å². The molecule has 1 nitrogen and oxygen atoms in total. The van der Waals surface area contributed by atoms with Crippen molar-refractivity contribution in [3.8, 4) is 11.1 Å². The number of hydrogen-bond donors (Lipinski definition) is 0. The van der Waals surface area contributed by atoms with Crippen molar-refractivity contribution in [3.63, 3.8) is 0 Å². The highest BCUT2D eigenvalue weighted by Crippen LogP contribution is 2.59. The number of fused-ring (bicyclic) bond motifs is 9. The Kier molecular flexibility index (Phi) is 5.14. The molecular weight excluding hydrogens is 458 g/mol. The molecule has 38 heavy (non-hydrogen) atoms. The van der Waals surface area contributed by atoms with Gasteiger partial charge in [-0.05, 0) is 82.3 Å². The quantitative estimate of drug-likeness (QED) is 0.220. The van der Waals surface area contributed by atoms with Crippen LogP contribution in [-0.4, -0.2) is 0 Å². The molecule has 0 heterocycles. The Bertz CT molecular complexity index is 1720. The van der Waals surface area contributed by atoms with E-state index in [0.717, 1.165) is 18.4 Å². The van der Waals surface area contributed by atoms with Gasteiger partial charge in [0.05, 0.1) is 5.41 Å². The van der Waals surface area contributed by atoms with Crippen LogP contribution in [0.25, 0.3) is 16.0 Å². The normalized spacial score (nSPS) is 13.8. The zero-order chi connectivity index (χ0) is 25.9. The van der Waals surface area contributed by atoms with Crippen molar-refractivity contribution in [1.29, 1.82) is 0 Å². The Hall–Kier alpha value is -4.41. The molecule has 0 amide bonds. The van der Waals surface area contributed by atoms with Crippen LogP contribution < -0.4 is 0 Å². The van der Waals surface area contributed by atoms with E-state index in [4.69, 9.17) is 6.57 Å². The fraction of sp³-hybridized carbons (Fsp3) is 0.162. The average molecular weight is 488 g/mol. The zero-order valence-corrected chi connectivity index (χ0v) is 21.9. The van der Waals surface area contributed by atoms with E-state index in [0.29, 0.717) is 6.54 Å². The zero-order valence-electron chi connectivity index (χ0n) is 21.9. The molecule has 0 aromatic heterocycles. The van der Waals surface area contributed by atoms with Crippen LogP contribution in [0.5, 0.6) is 0 Å². The van der Waals surface area contributed by atoms with Crippen molar-refractivity contribution in [2.75, 3.05) is 0 Å². The maximum Gasteiger partial charge on any atom is 0.240 e. The van der Waals surface area contributed by atoms with Gasteiger partial charge in [-0.3, -0.25) is 0 Å². The third-order valence-corrected chi connectivity index (χ3v) is 8.51. The van der Waals surface area contributed by atoms with E-state index in [1.54, 1.807) is 0 Å². The second-order valence-electron chi connectivity index (χ2n) is 10.9. The number of aryl methyl sites for hydroxylation is 2. The van der Waals surface area contributed by atoms with Crippen molar-refractivity contribution in [3.05, 3.63) is 176 Å². The number of benzene rings is 5. The molecule has 7 rings (SSSR count). The van der Waals surface area contributed by atoms with Gasteiger partial charge >= 0.3 is 0 Å². The summed E-state index contributed by atoms with van der Waals surface area (Å²) in [6.07, 6.45) is 1.78. The predicted octanol–water partition coefficient (Wildman–Crippen LogP) is 8.58. The second kappa shape index (κ2) is 8.57. The standard InChI is InChI=1S/C37H29N/c1-24-17-25(2)19-27(18-24)20-26-15-16-28-22-32-29(23-38-3)9-8-14-35(32)37(36(28)21-26)33-12-6-4-10-30(33)31-11-5-7-13-34(31)37/h4-19,21H,20,22-23H2,1-2H3. The fourth-order valence-electron chi connectivity index (χ4n) is 7.22. The molecule has 182 valence electrons. The molecule has 1 heteroatoms. The largest absolute Gasteiger partial charge is 0.312 e. The van der Waals surface area contributed by atoms with Crippen LogP contribution in [0.4, 0.5) is 0 Å². The summed E-state index contributed by atoms with van der Waals surface area (Å²) < 4.78 is 0. The monoisotopic (exact) mass is 487 g/mol. The Morgan fingerprint density at radius 1 is 0.658 bits per heavy atom. The van der Waals surface area contributed by atoms with Crippen LogP contribution in [0, 0.1) is 20.4 Å². The lowest BCUT2D eigenvalue weighted by Gasteiger charge is -2.41. The molecule has 0 saturated heterocycles. The first kappa shape index (κ1) is 22.8. The molecule has 0 fully saturated rings. The third-order valence-electron chi connectivity index (χ3n) is 8.51. The highest BCUT2D eigenvalue weighted by atomic mass is 14.6. The number of rotatable bonds is 3. The van der Waals surface area contributed by atoms with Gasteiger partial charge in [-0.1, -0.05) is 114 Å². The summed E-state index contributed by atoms with van der Waals surface area (Å²) in [5, 5.41) is 0. The minimum atomic E-state index is -0.382. The molecule has 2 aliphatic carbocycles. The summed E-state index contributed by atoms with van der Waals surface area (Å²) in [4.78, 5) is 3.80. The van der Waals surface area contributed by atoms with Crippen LogP contribution >= 0.6 is 0 Å². The second-order valence-corrected chi connectivity index (χ2v) is 10.9. The van der Waals surface area contributed by atoms with Crippen LogP contribution in [0.2, 0.25) is 0 Å². The highest BCUT2D eigenvalue weighted by molar-refractivity contribution is 5.88. The molecule has 2 aliphatic rings. The fourth-order valence-corrected chi connectivity index (χ4v) is 7.22. The van der Waals surface area contributed by atoms with Crippen molar-refractivity contribution < 1.29 is 0 Å². The Morgan fingerprint density at radius 3 is 2.00 bits per heavy atom. The molecular formula is C37H29N. The molecule has 0 bridgehead atoms. The van der Waals surface area contributed by atoms with Crippen LogP contribution in [0.3, 0.4) is 0 Å². The molecule has 0 N–H and O–H groups in total. The molecule has 0 atom stereocenters. The molecule has 0 saturated carbocycles. The lowest BCUT2D eigenvalue weighted by atomic mass is 9.61. The van der Waals surface area contributed by atoms with Gasteiger partial charge in [-0.2, -0.15) is 0 Å². The SMILES string of the molecule is [C-]#[N+]Cc1cccc2c1Cc1ccc(Cc3cc(C)cc(C)c3)cc1C21c2ccccc2-c2ccccc21. The van der Waals surface area contributed by atoms with Gasteiger partial charge in [0.25, 0.3) is 0 Å². The summed E-state index contributed by atoms with van der Waals surface area (Å²) in [5.41, 5.74) is 16.9. The Morgan fingerprint density at radius 2 is 1.32 bits per heavy atom. The van der Waals surface area contributed by atoms with Gasteiger partial charge in [0.2, 0.25) is 6.54 Å². The van der Waals surface area contributed by atoms with Crippen molar-refractivity contribution in [2.45, 2.75) is 38.6 Å². The van der Waals surface area contributed by atoms with Crippen LogP contribution in [0.1, 0.15) is 61.2 Å². The first-order valence-corrected chi connectivity index (χ1v) is 13.4. The summed E-state index contributed by atoms with van der Waals surface area (Å²) in [5.74, 6) is 0. The van der Waals surface area contributed by atoms with Gasteiger partial charge in [0.15, 0.2) is 0 Å². The highest BCUT2D eigenvalue weighted by Gasteiger charge is 2.50. The summed E-state index contributed by atoms with van der Waals surface area (Å²) in [6.45, 7) is 12.4. The molecule has 0 aliphatic heterocycles. The minimum Gasteiger partial charge on any atom is -0.312 e. The molecule has 0 unspecified atom stereocenters. The predicted molar refractivity (Wildman–Crippen MR) is 156 cm³/mol. The maximum absolute atomic E-state index is 7.63. The first-order chi connectivity index (χ1) is 18.6. The summed E-state index contributed by atoms with van der Waals surface area (Å²) in [7, 11) is 0. The van der Waals surface area contributed by atoms with E-state index >= 15 is 0 Å². The van der Waals surface area contributed by atoms with Gasteiger partial charge in [-0.15, -0.1) is 0 Å². The summed E-state index contributed by atoms with van der Waals surface area (Å²) in [6, 6.07) is 38.6. The van der Waals surface area contributed by atoms with Crippen molar-refractivity contribution in [2.24, 2.45) is 0 Å². The smallest absolute Gasteiger partial charge is 0.240 e. The average Bonchev–Trinajstić information content (AvgIpc) is 3.21. The van der Waals surface area contributed by atoms with Crippen molar-refractivity contribution in [1.82, 2.24) is 0 Å². The van der Waals surface area contributed by atoms with E-state index in [2.05, 4.69) is 122 Å². The van der Waals surface area contributed by atoms with Crippen LogP contribution in [-0.2, 0) is 24.8 Å². The minimum absolute atomic E-state index is 0.382. The maximum atomic E-state index is 7.63. The van der Waals surface area contributed by atoms with Gasteiger partial charge in [-0.25, -0.2) is 6.57 Å². The lowest BCUT2D eigenvalue weighted by molar-refractivity contribution is 0.716. The Labute approximate surface area is 225 Å². The number of nitrogens with zero attached hydrogens (tertiary/aromatic N) is 1. The molecule has 1 spiro atoms. The summed E-state index contributed by atoms with van der Waals surface area (Å²) >= 11 is 0. The third kappa shape index (κ3) is 3.24. The van der Waals surface area contributed by atoms with E-state index in [1.165, 1.54) is 66.8 Å². The van der Waals surface area contributed by atoms with E-state index in [1.807, 2.05) is 0 Å². The topological polar surface area (TPSA) is 4.36 Å². The van der Waals surface area contributed by atoms with Crippen molar-refractivity contribution >= 4 is 0 Å². The van der Waals surface area contributed by atoms with Gasteiger partial charge < -0.3 is 4.85 Å². The number of hydrogen-bond acceptors (Lipinski definition) is 0. The lowest BCUT2D eigenvalue weighted by Crippen LogP contribution is -2.35. The van der Waals surface area contributed by atoms with Gasteiger partial charge in [0.1, 0.15) is 0 Å². The molecule has 5 aromatic rings. The molecule has 0 radical (unpaired) electrons. The molecule has 5 aromatic carbocycles. The van der Waals surface area contributed by atoms with E-state index < -0.39 is 0 Å². The van der Waals surface area contributed by atoms with Gasteiger partial charge in [0, 0.05) is 5.56 Å².